The first-order chi connectivity index (χ1) is 12.5. The summed E-state index contributed by atoms with van der Waals surface area (Å²) in [7, 11) is 1.48. The van der Waals surface area contributed by atoms with Gasteiger partial charge in [-0.05, 0) is 30.5 Å². The number of hydrogen-bond donors (Lipinski definition) is 1. The number of rotatable bonds is 5. The summed E-state index contributed by atoms with van der Waals surface area (Å²) in [4.78, 5) is 23.3. The molecule has 0 aliphatic heterocycles. The summed E-state index contributed by atoms with van der Waals surface area (Å²) in [6.07, 6.45) is 1.88. The van der Waals surface area contributed by atoms with Crippen molar-refractivity contribution >= 4 is 17.6 Å². The lowest BCUT2D eigenvalue weighted by Gasteiger charge is -2.17. The van der Waals surface area contributed by atoms with E-state index < -0.39 is 17.8 Å². The van der Waals surface area contributed by atoms with Gasteiger partial charge in [-0.3, -0.25) is 4.79 Å². The number of anilines is 1. The summed E-state index contributed by atoms with van der Waals surface area (Å²) in [6, 6.07) is 14.1. The number of ether oxygens (including phenoxy) is 1. The van der Waals surface area contributed by atoms with Gasteiger partial charge in [-0.25, -0.2) is 4.79 Å². The monoisotopic (exact) mass is 355 g/mol. The van der Waals surface area contributed by atoms with Gasteiger partial charge in [0.25, 0.3) is 5.91 Å². The molecule has 2 aromatic rings. The van der Waals surface area contributed by atoms with E-state index in [0.29, 0.717) is 12.2 Å². The molecular weight excluding hydrogens is 337 g/mol. The maximum absolute atomic E-state index is 14.6. The first-order valence-electron chi connectivity index (χ1n) is 8.18. The molecule has 6 heteroatoms. The minimum atomic E-state index is -1.07. The van der Waals surface area contributed by atoms with Crippen molar-refractivity contribution in [3.8, 4) is 16.9 Å². The highest BCUT2D eigenvalue weighted by molar-refractivity contribution is 5.97. The van der Waals surface area contributed by atoms with Crippen molar-refractivity contribution < 1.29 is 23.9 Å². The minimum Gasteiger partial charge on any atom is -0.496 e. The Morgan fingerprint density at radius 1 is 1.19 bits per heavy atom. The van der Waals surface area contributed by atoms with Crippen LogP contribution in [0, 0.1) is 5.92 Å². The normalized spacial score (nSPS) is 16.1. The molecule has 1 aliphatic carbocycles. The van der Waals surface area contributed by atoms with Gasteiger partial charge < -0.3 is 9.84 Å². The van der Waals surface area contributed by atoms with Gasteiger partial charge in [0.1, 0.15) is 5.75 Å². The maximum atomic E-state index is 14.6. The Bertz CT molecular complexity index is 863. The molecule has 0 aromatic heterocycles. The first-order valence-corrected chi connectivity index (χ1v) is 8.18. The van der Waals surface area contributed by atoms with Crippen LogP contribution in [0.3, 0.4) is 0 Å². The molecule has 0 heterocycles. The van der Waals surface area contributed by atoms with Crippen LogP contribution in [-0.4, -0.2) is 24.1 Å². The first kappa shape index (κ1) is 17.7. The summed E-state index contributed by atoms with van der Waals surface area (Å²) < 4.78 is 20.0. The van der Waals surface area contributed by atoms with E-state index in [1.165, 1.54) is 25.3 Å². The van der Waals surface area contributed by atoms with Crippen LogP contribution in [0.2, 0.25) is 0 Å². The summed E-state index contributed by atoms with van der Waals surface area (Å²) in [6.45, 7) is 0. The van der Waals surface area contributed by atoms with E-state index in [-0.39, 0.29) is 22.8 Å². The van der Waals surface area contributed by atoms with Gasteiger partial charge in [0.2, 0.25) is 0 Å². The molecule has 1 amide bonds. The van der Waals surface area contributed by atoms with Crippen LogP contribution in [0.4, 0.5) is 10.2 Å². The van der Waals surface area contributed by atoms with E-state index in [1.807, 2.05) is 30.3 Å². The molecular formula is C20H18FNO4. The molecule has 0 bridgehead atoms. The fraction of sp³-hybridized carbons (Fsp3) is 0.200. The zero-order valence-electron chi connectivity index (χ0n) is 14.2. The maximum Gasteiger partial charge on any atom is 0.331 e. The van der Waals surface area contributed by atoms with E-state index in [2.05, 4.69) is 0 Å². The Morgan fingerprint density at radius 3 is 2.54 bits per heavy atom. The number of benzene rings is 2. The van der Waals surface area contributed by atoms with Crippen LogP contribution in [0.15, 0.2) is 60.2 Å². The predicted octanol–water partition coefficient (Wildman–Crippen LogP) is 4.00. The van der Waals surface area contributed by atoms with E-state index in [0.717, 1.165) is 11.1 Å². The Kier molecular flexibility index (Phi) is 5.02. The van der Waals surface area contributed by atoms with Gasteiger partial charge in [0.15, 0.2) is 0 Å². The molecule has 1 unspecified atom stereocenters. The molecule has 0 radical (unpaired) electrons. The molecule has 2 aromatic carbocycles. The third kappa shape index (κ3) is 3.44. The standard InChI is InChI=1S/C20H18FNO4/c1-26-18-12-16(9-10-17(18)13-5-3-2-4-6-13)22(21)19(23)14-7-8-15(11-14)20(24)25/h2-6,9-12,14H,7-8H2,1H3,(H,24,25). The lowest BCUT2D eigenvalue weighted by Crippen LogP contribution is -2.27. The number of amides is 1. The topological polar surface area (TPSA) is 66.8 Å². The van der Waals surface area contributed by atoms with Crippen LogP contribution in [0.5, 0.6) is 5.75 Å². The molecule has 0 saturated carbocycles. The smallest absolute Gasteiger partial charge is 0.331 e. The fourth-order valence-electron chi connectivity index (χ4n) is 3.02. The number of methoxy groups -OCH3 is 1. The van der Waals surface area contributed by atoms with Crippen molar-refractivity contribution in [1.82, 2.24) is 0 Å². The third-order valence-corrected chi connectivity index (χ3v) is 4.41. The average Bonchev–Trinajstić information content (AvgIpc) is 3.17. The fourth-order valence-corrected chi connectivity index (χ4v) is 3.02. The Balaban J connectivity index is 1.85. The van der Waals surface area contributed by atoms with Crippen LogP contribution < -0.4 is 9.86 Å². The lowest BCUT2D eigenvalue weighted by molar-refractivity contribution is -0.132. The lowest BCUT2D eigenvalue weighted by atomic mass is 10.0. The molecule has 0 fully saturated rings. The molecule has 26 heavy (non-hydrogen) atoms. The Morgan fingerprint density at radius 2 is 1.92 bits per heavy atom. The van der Waals surface area contributed by atoms with Crippen LogP contribution >= 0.6 is 0 Å². The number of aliphatic carboxylic acids is 1. The van der Waals surface area contributed by atoms with Crippen molar-refractivity contribution in [2.45, 2.75) is 12.8 Å². The van der Waals surface area contributed by atoms with E-state index in [9.17, 15) is 14.1 Å². The molecule has 0 spiro atoms. The van der Waals surface area contributed by atoms with E-state index in [4.69, 9.17) is 9.84 Å². The van der Waals surface area contributed by atoms with Crippen molar-refractivity contribution in [3.63, 3.8) is 0 Å². The summed E-state index contributed by atoms with van der Waals surface area (Å²) in [5.41, 5.74) is 1.89. The zero-order valence-corrected chi connectivity index (χ0v) is 14.2. The highest BCUT2D eigenvalue weighted by atomic mass is 19.2. The van der Waals surface area contributed by atoms with Gasteiger partial charge >= 0.3 is 5.97 Å². The quantitative estimate of drug-likeness (QED) is 0.823. The minimum absolute atomic E-state index is 0.0451. The molecule has 1 N–H and O–H groups in total. The number of carbonyl (C=O) groups excluding carboxylic acids is 1. The van der Waals surface area contributed by atoms with Gasteiger partial charge in [-0.1, -0.05) is 40.9 Å². The summed E-state index contributed by atoms with van der Waals surface area (Å²) in [5.74, 6) is -2.18. The molecule has 3 rings (SSSR count). The van der Waals surface area contributed by atoms with E-state index in [1.54, 1.807) is 6.07 Å². The van der Waals surface area contributed by atoms with Gasteiger partial charge in [0, 0.05) is 17.2 Å². The average molecular weight is 355 g/mol. The van der Waals surface area contributed by atoms with Crippen molar-refractivity contribution in [2.75, 3.05) is 12.2 Å². The van der Waals surface area contributed by atoms with Crippen LogP contribution in [0.25, 0.3) is 11.1 Å². The molecule has 134 valence electrons. The van der Waals surface area contributed by atoms with Crippen molar-refractivity contribution in [2.24, 2.45) is 5.92 Å². The molecule has 1 aliphatic rings. The number of carbonyl (C=O) groups is 2. The van der Waals surface area contributed by atoms with Crippen LogP contribution in [-0.2, 0) is 9.59 Å². The summed E-state index contributed by atoms with van der Waals surface area (Å²) >= 11 is 0. The highest BCUT2D eigenvalue weighted by Crippen LogP contribution is 2.35. The van der Waals surface area contributed by atoms with Crippen molar-refractivity contribution in [1.29, 1.82) is 0 Å². The number of carboxylic acids is 1. The summed E-state index contributed by atoms with van der Waals surface area (Å²) in [5, 5.41) is 9.03. The number of carboxylic acid groups (broad SMARTS) is 1. The van der Waals surface area contributed by atoms with E-state index >= 15 is 0 Å². The van der Waals surface area contributed by atoms with Crippen molar-refractivity contribution in [3.05, 3.63) is 60.2 Å². The number of nitrogens with zero attached hydrogens (tertiary/aromatic N) is 1. The predicted molar refractivity (Wildman–Crippen MR) is 95.5 cm³/mol. The largest absolute Gasteiger partial charge is 0.496 e. The Hall–Kier alpha value is -3.15. The van der Waals surface area contributed by atoms with Gasteiger partial charge in [-0.2, -0.15) is 0 Å². The molecule has 1 atom stereocenters. The zero-order chi connectivity index (χ0) is 18.7. The second-order valence-electron chi connectivity index (χ2n) is 6.01. The molecule has 0 saturated heterocycles. The number of halogens is 1. The number of hydrogen-bond acceptors (Lipinski definition) is 3. The second kappa shape index (κ2) is 7.39. The third-order valence-electron chi connectivity index (χ3n) is 4.41. The Labute approximate surface area is 150 Å². The van der Waals surface area contributed by atoms with Gasteiger partial charge in [-0.15, -0.1) is 5.12 Å². The second-order valence-corrected chi connectivity index (χ2v) is 6.01. The SMILES string of the molecule is COc1cc(N(F)C(=O)C2C=C(C(=O)O)CC2)ccc1-c1ccccc1. The van der Waals surface area contributed by atoms with Crippen LogP contribution in [0.1, 0.15) is 12.8 Å². The van der Waals surface area contributed by atoms with Gasteiger partial charge in [0.05, 0.1) is 18.7 Å². The molecule has 5 nitrogen and oxygen atoms in total. The highest BCUT2D eigenvalue weighted by Gasteiger charge is 2.30.